The van der Waals surface area contributed by atoms with E-state index in [4.69, 9.17) is 10.9 Å². The van der Waals surface area contributed by atoms with Crippen LogP contribution in [0.4, 0.5) is 0 Å². The van der Waals surface area contributed by atoms with Gasteiger partial charge >= 0.3 is 0 Å². The molecule has 0 aliphatic rings. The van der Waals surface area contributed by atoms with Crippen molar-refractivity contribution >= 4 is 11.7 Å². The molecule has 0 aliphatic heterocycles. The van der Waals surface area contributed by atoms with E-state index >= 15 is 0 Å². The number of rotatable bonds is 8. The molecule has 6 heteroatoms. The van der Waals surface area contributed by atoms with Gasteiger partial charge in [0.2, 0.25) is 5.91 Å². The molecule has 0 saturated heterocycles. The third-order valence-corrected chi connectivity index (χ3v) is 2.86. The zero-order valence-electron chi connectivity index (χ0n) is 11.7. The van der Waals surface area contributed by atoms with E-state index in [1.165, 1.54) is 0 Å². The Hall–Kier alpha value is -2.08. The maximum Gasteiger partial charge on any atom is 0.221 e. The number of nitrogens with one attached hydrogen (secondary N) is 2. The Kier molecular flexibility index (Phi) is 7.13. The molecule has 1 amide bonds. The Morgan fingerprint density at radius 2 is 2.10 bits per heavy atom. The molecular formula is C14H22N4O2. The average molecular weight is 278 g/mol. The van der Waals surface area contributed by atoms with Gasteiger partial charge < -0.3 is 21.6 Å². The summed E-state index contributed by atoms with van der Waals surface area (Å²) in [7, 11) is 0. The number of amidine groups is 1. The topological polar surface area (TPSA) is 99.7 Å². The number of amides is 1. The molecule has 0 fully saturated rings. The fourth-order valence-corrected chi connectivity index (χ4v) is 1.89. The first-order valence-electron chi connectivity index (χ1n) is 6.68. The number of nitrogens with two attached hydrogens (primary N) is 1. The van der Waals surface area contributed by atoms with E-state index in [-0.39, 0.29) is 17.8 Å². The average Bonchev–Trinajstić information content (AvgIpc) is 2.47. The second-order valence-corrected chi connectivity index (χ2v) is 4.42. The second kappa shape index (κ2) is 8.92. The van der Waals surface area contributed by atoms with Crippen LogP contribution in [0.2, 0.25) is 0 Å². The highest BCUT2D eigenvalue weighted by Crippen LogP contribution is 2.16. The normalized spacial score (nSPS) is 12.9. The first kappa shape index (κ1) is 16.0. The number of carbonyl (C=O) groups is 1. The second-order valence-electron chi connectivity index (χ2n) is 4.42. The van der Waals surface area contributed by atoms with Gasteiger partial charge in [-0.05, 0) is 12.5 Å². The highest BCUT2D eigenvalue weighted by Gasteiger charge is 2.13. The third-order valence-electron chi connectivity index (χ3n) is 2.86. The van der Waals surface area contributed by atoms with E-state index in [0.29, 0.717) is 25.9 Å². The molecule has 0 saturated carbocycles. The molecule has 1 aromatic rings. The van der Waals surface area contributed by atoms with Gasteiger partial charge in [0.1, 0.15) is 5.84 Å². The third kappa shape index (κ3) is 5.71. The predicted molar refractivity (Wildman–Crippen MR) is 78.5 cm³/mol. The van der Waals surface area contributed by atoms with Crippen molar-refractivity contribution < 1.29 is 10.0 Å². The lowest BCUT2D eigenvalue weighted by atomic mass is 10.0. The lowest BCUT2D eigenvalue weighted by Gasteiger charge is -2.18. The Labute approximate surface area is 119 Å². The van der Waals surface area contributed by atoms with Crippen LogP contribution in [-0.2, 0) is 4.79 Å². The smallest absolute Gasteiger partial charge is 0.221 e. The Morgan fingerprint density at radius 3 is 2.70 bits per heavy atom. The van der Waals surface area contributed by atoms with Crippen LogP contribution < -0.4 is 16.4 Å². The molecule has 20 heavy (non-hydrogen) atoms. The molecular weight excluding hydrogens is 256 g/mol. The fraction of sp³-hybridized carbons (Fsp3) is 0.429. The van der Waals surface area contributed by atoms with Crippen molar-refractivity contribution in [1.29, 1.82) is 0 Å². The standard InChI is InChI=1S/C14H22N4O2/c1-2-16-14(19)8-9-17-12(10-13(15)18-20)11-6-4-3-5-7-11/h3-7,12,17,20H,2,8-10H2,1H3,(H2,15,18)(H,16,19). The van der Waals surface area contributed by atoms with Crippen molar-refractivity contribution in [1.82, 2.24) is 10.6 Å². The summed E-state index contributed by atoms with van der Waals surface area (Å²) in [6.45, 7) is 3.05. The summed E-state index contributed by atoms with van der Waals surface area (Å²) in [6.07, 6.45) is 0.781. The summed E-state index contributed by atoms with van der Waals surface area (Å²) >= 11 is 0. The van der Waals surface area contributed by atoms with Crippen molar-refractivity contribution in [2.45, 2.75) is 25.8 Å². The van der Waals surface area contributed by atoms with E-state index in [2.05, 4.69) is 15.8 Å². The summed E-state index contributed by atoms with van der Waals surface area (Å²) < 4.78 is 0. The van der Waals surface area contributed by atoms with Crippen molar-refractivity contribution in [2.75, 3.05) is 13.1 Å². The number of hydrogen-bond acceptors (Lipinski definition) is 4. The Morgan fingerprint density at radius 1 is 1.40 bits per heavy atom. The van der Waals surface area contributed by atoms with Crippen LogP contribution in [0.25, 0.3) is 0 Å². The number of oxime groups is 1. The zero-order valence-corrected chi connectivity index (χ0v) is 11.7. The van der Waals surface area contributed by atoms with Crippen LogP contribution in [-0.4, -0.2) is 30.0 Å². The number of nitrogens with zero attached hydrogens (tertiary/aromatic N) is 1. The lowest BCUT2D eigenvalue weighted by molar-refractivity contribution is -0.120. The van der Waals surface area contributed by atoms with Gasteiger partial charge in [-0.15, -0.1) is 0 Å². The monoisotopic (exact) mass is 278 g/mol. The van der Waals surface area contributed by atoms with Gasteiger partial charge in [-0.25, -0.2) is 0 Å². The van der Waals surface area contributed by atoms with Gasteiger partial charge in [0.05, 0.1) is 0 Å². The van der Waals surface area contributed by atoms with E-state index in [1.807, 2.05) is 37.3 Å². The molecule has 0 aromatic heterocycles. The molecule has 6 nitrogen and oxygen atoms in total. The van der Waals surface area contributed by atoms with Crippen LogP contribution in [0.1, 0.15) is 31.4 Å². The molecule has 110 valence electrons. The first-order valence-corrected chi connectivity index (χ1v) is 6.68. The van der Waals surface area contributed by atoms with Crippen molar-refractivity contribution in [3.63, 3.8) is 0 Å². The molecule has 1 unspecified atom stereocenters. The molecule has 0 bridgehead atoms. The van der Waals surface area contributed by atoms with Gasteiger partial charge in [0.25, 0.3) is 0 Å². The molecule has 0 heterocycles. The largest absolute Gasteiger partial charge is 0.409 e. The number of carbonyl (C=O) groups excluding carboxylic acids is 1. The molecule has 0 radical (unpaired) electrons. The summed E-state index contributed by atoms with van der Waals surface area (Å²) in [5, 5.41) is 17.7. The minimum absolute atomic E-state index is 0.00982. The van der Waals surface area contributed by atoms with Crippen LogP contribution in [0.3, 0.4) is 0 Å². The minimum atomic E-state index is -0.0819. The van der Waals surface area contributed by atoms with Gasteiger partial charge in [-0.3, -0.25) is 4.79 Å². The molecule has 0 aliphatic carbocycles. The van der Waals surface area contributed by atoms with E-state index in [0.717, 1.165) is 5.56 Å². The van der Waals surface area contributed by atoms with Gasteiger partial charge in [-0.1, -0.05) is 35.5 Å². The maximum atomic E-state index is 11.4. The number of benzene rings is 1. The van der Waals surface area contributed by atoms with Gasteiger partial charge in [0, 0.05) is 32.0 Å². The molecule has 0 spiro atoms. The zero-order chi connectivity index (χ0) is 14.8. The van der Waals surface area contributed by atoms with E-state index in [9.17, 15) is 4.79 Å². The lowest BCUT2D eigenvalue weighted by Crippen LogP contribution is -2.31. The summed E-state index contributed by atoms with van der Waals surface area (Å²) in [5.41, 5.74) is 6.61. The molecule has 1 aromatic carbocycles. The summed E-state index contributed by atoms with van der Waals surface area (Å²) in [4.78, 5) is 11.4. The van der Waals surface area contributed by atoms with Gasteiger partial charge in [0.15, 0.2) is 0 Å². The summed E-state index contributed by atoms with van der Waals surface area (Å²) in [6, 6.07) is 9.64. The molecule has 5 N–H and O–H groups in total. The van der Waals surface area contributed by atoms with Crippen LogP contribution in [0.5, 0.6) is 0 Å². The predicted octanol–water partition coefficient (Wildman–Crippen LogP) is 0.980. The van der Waals surface area contributed by atoms with E-state index < -0.39 is 0 Å². The highest BCUT2D eigenvalue weighted by atomic mass is 16.4. The molecule has 1 atom stereocenters. The van der Waals surface area contributed by atoms with E-state index in [1.54, 1.807) is 0 Å². The Bertz CT molecular complexity index is 434. The van der Waals surface area contributed by atoms with Crippen molar-refractivity contribution in [3.05, 3.63) is 35.9 Å². The number of hydrogen-bond donors (Lipinski definition) is 4. The minimum Gasteiger partial charge on any atom is -0.409 e. The van der Waals surface area contributed by atoms with Crippen LogP contribution >= 0.6 is 0 Å². The van der Waals surface area contributed by atoms with Crippen LogP contribution in [0, 0.1) is 0 Å². The summed E-state index contributed by atoms with van der Waals surface area (Å²) in [5.74, 6) is 0.167. The Balaban J connectivity index is 2.58. The van der Waals surface area contributed by atoms with Crippen molar-refractivity contribution in [2.24, 2.45) is 10.9 Å². The van der Waals surface area contributed by atoms with Crippen LogP contribution in [0.15, 0.2) is 35.5 Å². The van der Waals surface area contributed by atoms with Crippen molar-refractivity contribution in [3.8, 4) is 0 Å². The highest BCUT2D eigenvalue weighted by molar-refractivity contribution is 5.80. The quantitative estimate of drug-likeness (QED) is 0.246. The van der Waals surface area contributed by atoms with Gasteiger partial charge in [-0.2, -0.15) is 0 Å². The fourth-order valence-electron chi connectivity index (χ4n) is 1.89. The SMILES string of the molecule is CCNC(=O)CCNC(C/C(N)=N/O)c1ccccc1. The molecule has 1 rings (SSSR count). The maximum absolute atomic E-state index is 11.4. The first-order chi connectivity index (χ1) is 9.67.